The van der Waals surface area contributed by atoms with E-state index < -0.39 is 39.0 Å². The molecule has 11 heteroatoms. The van der Waals surface area contributed by atoms with Crippen LogP contribution in [0.1, 0.15) is 30.4 Å². The van der Waals surface area contributed by atoms with Crippen LogP contribution in [0.5, 0.6) is 0 Å². The number of piperidine rings is 1. The molecule has 34 heavy (non-hydrogen) atoms. The van der Waals surface area contributed by atoms with Crippen molar-refractivity contribution in [3.8, 4) is 0 Å². The van der Waals surface area contributed by atoms with Gasteiger partial charge in [0.05, 0.1) is 16.4 Å². The van der Waals surface area contributed by atoms with Crippen LogP contribution in [-0.4, -0.2) is 58.7 Å². The highest BCUT2D eigenvalue weighted by atomic mass is 32.2. The summed E-state index contributed by atoms with van der Waals surface area (Å²) in [4.78, 5) is 12.4. The number of rotatable bonds is 9. The minimum atomic E-state index is -4.17. The van der Waals surface area contributed by atoms with Crippen molar-refractivity contribution in [3.05, 3.63) is 59.7 Å². The highest BCUT2D eigenvalue weighted by molar-refractivity contribution is 7.87. The first-order valence-electron chi connectivity index (χ1n) is 10.9. The van der Waals surface area contributed by atoms with Gasteiger partial charge in [-0.3, -0.25) is 8.37 Å². The first kappa shape index (κ1) is 26.1. The standard InChI is InChI=1S/C23H29NO8S2/c1-17-3-7-21(8-4-17)33(27,28)31-16-20(15-19-11-13-24(14-12-19)23(25)26)32-34(29,30)22-9-5-18(2)6-10-22/h3-10,19-20H,11-16H2,1-2H3,(H,25,26)/t20-/m0/s1. The summed E-state index contributed by atoms with van der Waals surface area (Å²) in [5, 5.41) is 9.14. The number of carboxylic acid groups (broad SMARTS) is 1. The number of hydrogen-bond donors (Lipinski definition) is 1. The molecule has 1 aliphatic heterocycles. The molecule has 0 spiro atoms. The molecule has 1 heterocycles. The van der Waals surface area contributed by atoms with Crippen molar-refractivity contribution in [2.75, 3.05) is 19.7 Å². The zero-order valence-electron chi connectivity index (χ0n) is 19.1. The van der Waals surface area contributed by atoms with Gasteiger partial charge in [-0.15, -0.1) is 0 Å². The molecule has 0 aromatic heterocycles. The van der Waals surface area contributed by atoms with E-state index in [4.69, 9.17) is 13.5 Å². The number of benzene rings is 2. The minimum absolute atomic E-state index is 0.0343. The molecule has 1 amide bonds. The average Bonchev–Trinajstić information content (AvgIpc) is 2.78. The molecule has 3 rings (SSSR count). The molecule has 9 nitrogen and oxygen atoms in total. The lowest BCUT2D eigenvalue weighted by atomic mass is 9.91. The Labute approximate surface area is 200 Å². The fourth-order valence-electron chi connectivity index (χ4n) is 3.74. The molecule has 1 aliphatic rings. The Kier molecular flexibility index (Phi) is 8.34. The summed E-state index contributed by atoms with van der Waals surface area (Å²) in [5.41, 5.74) is 1.77. The van der Waals surface area contributed by atoms with E-state index in [1.165, 1.54) is 29.2 Å². The molecule has 0 bridgehead atoms. The number of nitrogens with zero attached hydrogens (tertiary/aromatic N) is 1. The summed E-state index contributed by atoms with van der Waals surface area (Å²) in [7, 11) is -8.29. The van der Waals surface area contributed by atoms with Crippen LogP contribution < -0.4 is 0 Å². The smallest absolute Gasteiger partial charge is 0.407 e. The second-order valence-corrected chi connectivity index (χ2v) is 11.7. The van der Waals surface area contributed by atoms with Crippen molar-refractivity contribution in [3.63, 3.8) is 0 Å². The van der Waals surface area contributed by atoms with E-state index in [0.29, 0.717) is 25.9 Å². The van der Waals surface area contributed by atoms with E-state index >= 15 is 0 Å². The molecule has 1 saturated heterocycles. The number of aryl methyl sites for hydroxylation is 2. The molecule has 0 aliphatic carbocycles. The SMILES string of the molecule is Cc1ccc(S(=O)(=O)OC[C@H](CC2CCN(C(=O)O)CC2)OS(=O)(=O)c2ccc(C)cc2)cc1. The Morgan fingerprint density at radius 3 is 1.85 bits per heavy atom. The van der Waals surface area contributed by atoms with Gasteiger partial charge in [-0.1, -0.05) is 35.4 Å². The lowest BCUT2D eigenvalue weighted by Gasteiger charge is -2.31. The molecule has 1 atom stereocenters. The quantitative estimate of drug-likeness (QED) is 0.506. The van der Waals surface area contributed by atoms with Gasteiger partial charge in [-0.05, 0) is 63.3 Å². The largest absolute Gasteiger partial charge is 0.465 e. The third kappa shape index (κ3) is 7.02. The zero-order chi connectivity index (χ0) is 24.9. The molecule has 0 radical (unpaired) electrons. The molecular formula is C23H29NO8S2. The van der Waals surface area contributed by atoms with Crippen molar-refractivity contribution in [2.45, 2.75) is 49.0 Å². The van der Waals surface area contributed by atoms with Crippen molar-refractivity contribution in [2.24, 2.45) is 5.92 Å². The van der Waals surface area contributed by atoms with Crippen molar-refractivity contribution >= 4 is 26.3 Å². The lowest BCUT2D eigenvalue weighted by molar-refractivity contribution is 0.0873. The number of hydrogen-bond acceptors (Lipinski definition) is 7. The predicted molar refractivity (Wildman–Crippen MR) is 124 cm³/mol. The summed E-state index contributed by atoms with van der Waals surface area (Å²) in [6, 6.07) is 12.3. The second-order valence-electron chi connectivity index (χ2n) is 8.49. The van der Waals surface area contributed by atoms with Crippen LogP contribution in [0.3, 0.4) is 0 Å². The van der Waals surface area contributed by atoms with E-state index in [2.05, 4.69) is 0 Å². The van der Waals surface area contributed by atoms with Gasteiger partial charge in [-0.25, -0.2) is 4.79 Å². The Hall–Kier alpha value is -2.47. The van der Waals surface area contributed by atoms with Gasteiger partial charge < -0.3 is 10.0 Å². The average molecular weight is 512 g/mol. The van der Waals surface area contributed by atoms with Crippen LogP contribution >= 0.6 is 0 Å². The predicted octanol–water partition coefficient (Wildman–Crippen LogP) is 3.56. The van der Waals surface area contributed by atoms with Crippen molar-refractivity contribution in [1.82, 2.24) is 4.90 Å². The van der Waals surface area contributed by atoms with Crippen LogP contribution in [0.15, 0.2) is 58.3 Å². The topological polar surface area (TPSA) is 127 Å². The van der Waals surface area contributed by atoms with Gasteiger partial charge >= 0.3 is 6.09 Å². The molecule has 0 unspecified atom stereocenters. The molecule has 0 saturated carbocycles. The third-order valence-corrected chi connectivity index (χ3v) is 8.44. The molecule has 1 N–H and O–H groups in total. The first-order valence-corrected chi connectivity index (χ1v) is 13.7. The van der Waals surface area contributed by atoms with E-state index in [0.717, 1.165) is 11.1 Å². The maximum atomic E-state index is 12.9. The Morgan fingerprint density at radius 2 is 1.38 bits per heavy atom. The Morgan fingerprint density at radius 1 is 0.912 bits per heavy atom. The molecule has 186 valence electrons. The van der Waals surface area contributed by atoms with Crippen LogP contribution in [0.2, 0.25) is 0 Å². The van der Waals surface area contributed by atoms with Gasteiger partial charge in [0, 0.05) is 13.1 Å². The second kappa shape index (κ2) is 10.9. The zero-order valence-corrected chi connectivity index (χ0v) is 20.7. The van der Waals surface area contributed by atoms with Crippen LogP contribution in [0.25, 0.3) is 0 Å². The monoisotopic (exact) mass is 511 g/mol. The summed E-state index contributed by atoms with van der Waals surface area (Å²) < 4.78 is 61.6. The third-order valence-electron chi connectivity index (χ3n) is 5.77. The molecule has 2 aromatic carbocycles. The van der Waals surface area contributed by atoms with Gasteiger partial charge in [0.1, 0.15) is 6.10 Å². The maximum absolute atomic E-state index is 12.9. The van der Waals surface area contributed by atoms with Crippen molar-refractivity contribution in [1.29, 1.82) is 0 Å². The van der Waals surface area contributed by atoms with Gasteiger partial charge in [0.25, 0.3) is 20.2 Å². The van der Waals surface area contributed by atoms with Gasteiger partial charge in [-0.2, -0.15) is 16.8 Å². The van der Waals surface area contributed by atoms with Crippen LogP contribution in [0, 0.1) is 19.8 Å². The van der Waals surface area contributed by atoms with E-state index in [1.54, 1.807) is 24.3 Å². The highest BCUT2D eigenvalue weighted by Gasteiger charge is 2.30. The summed E-state index contributed by atoms with van der Waals surface area (Å²) in [5.74, 6) is -0.0421. The van der Waals surface area contributed by atoms with E-state index in [1.807, 2.05) is 13.8 Å². The molecule has 1 fully saturated rings. The van der Waals surface area contributed by atoms with E-state index in [-0.39, 0.29) is 22.1 Å². The van der Waals surface area contributed by atoms with Gasteiger partial charge in [0.2, 0.25) is 0 Å². The van der Waals surface area contributed by atoms with Crippen LogP contribution in [0.4, 0.5) is 4.79 Å². The van der Waals surface area contributed by atoms with Gasteiger partial charge in [0.15, 0.2) is 0 Å². The normalized spacial score (nSPS) is 16.4. The summed E-state index contributed by atoms with van der Waals surface area (Å²) >= 11 is 0. The van der Waals surface area contributed by atoms with E-state index in [9.17, 15) is 21.6 Å². The summed E-state index contributed by atoms with van der Waals surface area (Å²) in [6.45, 7) is 3.81. The first-order chi connectivity index (χ1) is 16.0. The fourth-order valence-corrected chi connectivity index (χ4v) is 5.75. The Balaban J connectivity index is 1.75. The maximum Gasteiger partial charge on any atom is 0.407 e. The summed E-state index contributed by atoms with van der Waals surface area (Å²) in [6.07, 6.45) is -0.821. The van der Waals surface area contributed by atoms with Crippen LogP contribution in [-0.2, 0) is 28.6 Å². The number of likely N-dealkylation sites (tertiary alicyclic amines) is 1. The molecular weight excluding hydrogens is 482 g/mol. The fraction of sp³-hybridized carbons (Fsp3) is 0.435. The molecule has 2 aromatic rings. The van der Waals surface area contributed by atoms with Crippen molar-refractivity contribution < 1.29 is 35.1 Å². The Bertz CT molecular complexity index is 1180. The lowest BCUT2D eigenvalue weighted by Crippen LogP contribution is -2.39. The minimum Gasteiger partial charge on any atom is -0.465 e. The highest BCUT2D eigenvalue weighted by Crippen LogP contribution is 2.26. The number of amides is 1. The number of carbonyl (C=O) groups is 1.